The molecule has 0 aromatic heterocycles. The lowest BCUT2D eigenvalue weighted by molar-refractivity contribution is 0.491. The van der Waals surface area contributed by atoms with Crippen molar-refractivity contribution < 1.29 is 9.05 Å². The maximum absolute atomic E-state index is 7.11. The predicted molar refractivity (Wildman–Crippen MR) is 81.0 cm³/mol. The summed E-state index contributed by atoms with van der Waals surface area (Å²) in [5.74, 6) is 1.20. The maximum Gasteiger partial charge on any atom is 0.378 e. The van der Waals surface area contributed by atoms with Gasteiger partial charge in [0.25, 0.3) is 0 Å². The molecule has 0 unspecified atom stereocenters. The van der Waals surface area contributed by atoms with Gasteiger partial charge in [0.2, 0.25) is 0 Å². The van der Waals surface area contributed by atoms with Gasteiger partial charge in [-0.15, -0.1) is 0 Å². The van der Waals surface area contributed by atoms with E-state index >= 15 is 0 Å². The average Bonchev–Trinajstić information content (AvgIpc) is 2.49. The van der Waals surface area contributed by atoms with Crippen LogP contribution in [0.5, 0.6) is 11.5 Å². The molecule has 20 heavy (non-hydrogen) atoms. The summed E-state index contributed by atoms with van der Waals surface area (Å²) in [6.45, 7) is 0. The Balaban J connectivity index is 1.94. The molecule has 4 N–H and O–H groups in total. The summed E-state index contributed by atoms with van der Waals surface area (Å²) < 4.78 is 10.9. The van der Waals surface area contributed by atoms with Crippen LogP contribution >= 0.6 is 8.53 Å². The Bertz CT molecular complexity index is 531. The van der Waals surface area contributed by atoms with Crippen molar-refractivity contribution in [1.29, 1.82) is 10.8 Å². The van der Waals surface area contributed by atoms with Gasteiger partial charge >= 0.3 is 8.53 Å². The first-order valence-corrected chi connectivity index (χ1v) is 7.08. The van der Waals surface area contributed by atoms with Gasteiger partial charge in [0.1, 0.15) is 11.5 Å². The third kappa shape index (κ3) is 3.88. The number of hydrogen-bond acceptors (Lipinski definition) is 5. The van der Waals surface area contributed by atoms with Gasteiger partial charge < -0.3 is 19.9 Å². The van der Waals surface area contributed by atoms with E-state index in [2.05, 4.69) is 0 Å². The van der Waals surface area contributed by atoms with Gasteiger partial charge in [0.05, 0.1) is 0 Å². The van der Waals surface area contributed by atoms with Gasteiger partial charge in [-0.1, -0.05) is 0 Å². The molecule has 0 saturated heterocycles. The van der Waals surface area contributed by atoms with E-state index in [9.17, 15) is 0 Å². The quantitative estimate of drug-likeness (QED) is 0.562. The molecule has 0 amide bonds. The molecule has 102 valence electrons. The number of nitrogens with one attached hydrogen (secondary N) is 2. The Kier molecular flexibility index (Phi) is 4.82. The average molecular weight is 287 g/mol. The summed E-state index contributed by atoms with van der Waals surface area (Å²) in [6, 6.07) is 14.0. The molecule has 6 heteroatoms. The van der Waals surface area contributed by atoms with Gasteiger partial charge in [-0.25, -0.2) is 5.50 Å². The summed E-state index contributed by atoms with van der Waals surface area (Å²) in [5.41, 5.74) is 7.40. The minimum atomic E-state index is -1.58. The summed E-state index contributed by atoms with van der Waals surface area (Å²) >= 11 is 0. The zero-order chi connectivity index (χ0) is 14.4. The molecule has 0 saturated carbocycles. The van der Waals surface area contributed by atoms with E-state index < -0.39 is 8.53 Å². The van der Waals surface area contributed by atoms with Crippen molar-refractivity contribution in [2.45, 2.75) is 0 Å². The molecule has 0 spiro atoms. The smallest absolute Gasteiger partial charge is 0.378 e. The van der Waals surface area contributed by atoms with Crippen LogP contribution in [0.25, 0.3) is 0 Å². The Hall–Kier alpha value is -2.23. The lowest BCUT2D eigenvalue weighted by Crippen LogP contribution is -2.03. The first-order chi connectivity index (χ1) is 9.71. The molecule has 0 atom stereocenters. The van der Waals surface area contributed by atoms with Crippen molar-refractivity contribution in [3.8, 4) is 11.5 Å². The lowest BCUT2D eigenvalue weighted by Gasteiger charge is -2.14. The first kappa shape index (κ1) is 14.2. The zero-order valence-electron chi connectivity index (χ0n) is 10.6. The van der Waals surface area contributed by atoms with Crippen LogP contribution in [0.3, 0.4) is 0 Å². The molecule has 0 heterocycles. The molecule has 5 nitrogen and oxygen atoms in total. The highest BCUT2D eigenvalue weighted by Crippen LogP contribution is 2.33. The van der Waals surface area contributed by atoms with Crippen LogP contribution in [0.15, 0.2) is 48.5 Å². The van der Waals surface area contributed by atoms with Gasteiger partial charge in [-0.05, 0) is 59.7 Å². The first-order valence-electron chi connectivity index (χ1n) is 5.83. The van der Waals surface area contributed by atoms with Crippen LogP contribution in [0.2, 0.25) is 0 Å². The maximum atomic E-state index is 7.11. The van der Waals surface area contributed by atoms with Crippen molar-refractivity contribution in [1.82, 2.24) is 0 Å². The monoisotopic (exact) mass is 287 g/mol. The van der Waals surface area contributed by atoms with Crippen LogP contribution < -0.4 is 14.6 Å². The highest BCUT2D eigenvalue weighted by Gasteiger charge is 2.08. The SMILES string of the molecule is N=Cc1ccc(OP(N)Oc2ccc(C=N)cc2)cc1. The molecule has 0 aliphatic carbocycles. The predicted octanol–water partition coefficient (Wildman–Crippen LogP) is 3.33. The van der Waals surface area contributed by atoms with E-state index in [1.165, 1.54) is 12.4 Å². The van der Waals surface area contributed by atoms with Gasteiger partial charge in [-0.2, -0.15) is 0 Å². The molecule has 0 aliphatic heterocycles. The Labute approximate surface area is 118 Å². The summed E-state index contributed by atoms with van der Waals surface area (Å²) in [5, 5.41) is 14.2. The van der Waals surface area contributed by atoms with Crippen LogP contribution in [-0.4, -0.2) is 12.4 Å². The summed E-state index contributed by atoms with van der Waals surface area (Å²) in [6.07, 6.45) is 2.52. The Morgan fingerprint density at radius 2 is 1.10 bits per heavy atom. The van der Waals surface area contributed by atoms with Crippen molar-refractivity contribution in [2.24, 2.45) is 5.50 Å². The molecule has 0 aliphatic rings. The van der Waals surface area contributed by atoms with E-state index in [0.29, 0.717) is 11.5 Å². The lowest BCUT2D eigenvalue weighted by atomic mass is 10.2. The summed E-state index contributed by atoms with van der Waals surface area (Å²) in [7, 11) is -1.58. The molecular weight excluding hydrogens is 273 g/mol. The van der Waals surface area contributed by atoms with Crippen molar-refractivity contribution in [3.05, 3.63) is 59.7 Å². The number of hydrogen-bond donors (Lipinski definition) is 3. The van der Waals surface area contributed by atoms with Gasteiger partial charge in [-0.3, -0.25) is 0 Å². The van der Waals surface area contributed by atoms with Crippen LogP contribution in [-0.2, 0) is 0 Å². The van der Waals surface area contributed by atoms with Crippen molar-refractivity contribution in [2.75, 3.05) is 0 Å². The van der Waals surface area contributed by atoms with E-state index in [-0.39, 0.29) is 0 Å². The van der Waals surface area contributed by atoms with E-state index in [4.69, 9.17) is 25.4 Å². The Morgan fingerprint density at radius 3 is 1.40 bits per heavy atom. The molecule has 0 bridgehead atoms. The van der Waals surface area contributed by atoms with E-state index in [1.807, 2.05) is 0 Å². The second kappa shape index (κ2) is 6.80. The van der Waals surface area contributed by atoms with E-state index in [1.54, 1.807) is 48.5 Å². The molecule has 2 rings (SSSR count). The third-order valence-corrected chi connectivity index (χ3v) is 3.27. The molecule has 2 aromatic carbocycles. The molecule has 0 radical (unpaired) electrons. The second-order valence-corrected chi connectivity index (χ2v) is 4.83. The van der Waals surface area contributed by atoms with Gasteiger partial charge in [0.15, 0.2) is 0 Å². The van der Waals surface area contributed by atoms with Crippen LogP contribution in [0.4, 0.5) is 0 Å². The topological polar surface area (TPSA) is 92.2 Å². The van der Waals surface area contributed by atoms with E-state index in [0.717, 1.165) is 11.1 Å². The molecule has 2 aromatic rings. The van der Waals surface area contributed by atoms with Crippen LogP contribution in [0.1, 0.15) is 11.1 Å². The minimum absolute atomic E-state index is 0.598. The number of nitrogens with two attached hydrogens (primary N) is 1. The van der Waals surface area contributed by atoms with Gasteiger partial charge in [0, 0.05) is 12.4 Å². The fraction of sp³-hybridized carbons (Fsp3) is 0. The number of benzene rings is 2. The van der Waals surface area contributed by atoms with Crippen molar-refractivity contribution >= 4 is 21.0 Å². The van der Waals surface area contributed by atoms with Crippen LogP contribution in [0, 0.1) is 10.8 Å². The largest absolute Gasteiger partial charge is 0.427 e. The summed E-state index contributed by atoms with van der Waals surface area (Å²) in [4.78, 5) is 0. The fourth-order valence-electron chi connectivity index (χ4n) is 1.48. The molecular formula is C14H14N3O2P. The number of rotatable bonds is 6. The third-order valence-electron chi connectivity index (χ3n) is 2.48. The normalized spacial score (nSPS) is 11.4. The second-order valence-electron chi connectivity index (χ2n) is 3.89. The highest BCUT2D eigenvalue weighted by molar-refractivity contribution is 7.45. The standard InChI is InChI=1S/C14H14N3O2P/c15-9-11-1-5-13(6-2-11)18-20(17)19-14-7-3-12(10-16)4-8-14/h1-10,15-16H,17H2. The highest BCUT2D eigenvalue weighted by atomic mass is 31.2. The zero-order valence-corrected chi connectivity index (χ0v) is 11.5. The fourth-order valence-corrected chi connectivity index (χ4v) is 2.17. The minimum Gasteiger partial charge on any atom is -0.427 e. The Morgan fingerprint density at radius 1 is 0.750 bits per heavy atom. The van der Waals surface area contributed by atoms with Crippen molar-refractivity contribution in [3.63, 3.8) is 0 Å². The molecule has 0 fully saturated rings.